The van der Waals surface area contributed by atoms with Crippen LogP contribution in [0, 0.1) is 5.82 Å². The van der Waals surface area contributed by atoms with E-state index in [1.807, 2.05) is 30.3 Å². The van der Waals surface area contributed by atoms with Gasteiger partial charge in [-0.05, 0) is 30.3 Å². The lowest BCUT2D eigenvalue weighted by Crippen LogP contribution is -2.07. The number of pyridine rings is 1. The number of ketones is 1. The largest absolute Gasteiger partial charge is 0.294 e. The molecule has 0 atom stereocenters. The SMILES string of the molecule is O=C(Cc1ccc2ccccc2n1)c1ccc(Cl)cc1F. The number of Topliss-reactive ketones (excluding diaryl/α,β-unsaturated/α-hetero) is 1. The van der Waals surface area contributed by atoms with Crippen molar-refractivity contribution in [1.82, 2.24) is 4.98 Å². The van der Waals surface area contributed by atoms with Crippen LogP contribution >= 0.6 is 11.6 Å². The minimum atomic E-state index is -0.603. The van der Waals surface area contributed by atoms with Gasteiger partial charge in [0.05, 0.1) is 17.5 Å². The third kappa shape index (κ3) is 2.93. The molecule has 0 radical (unpaired) electrons. The smallest absolute Gasteiger partial charge is 0.171 e. The summed E-state index contributed by atoms with van der Waals surface area (Å²) in [5, 5.41) is 1.28. The lowest BCUT2D eigenvalue weighted by atomic mass is 10.1. The van der Waals surface area contributed by atoms with Gasteiger partial charge in [0.15, 0.2) is 5.78 Å². The van der Waals surface area contributed by atoms with E-state index in [2.05, 4.69) is 4.98 Å². The Labute approximate surface area is 126 Å². The van der Waals surface area contributed by atoms with Gasteiger partial charge in [0.25, 0.3) is 0 Å². The number of halogens is 2. The first-order valence-electron chi connectivity index (χ1n) is 6.46. The van der Waals surface area contributed by atoms with Gasteiger partial charge in [0.1, 0.15) is 5.82 Å². The molecule has 3 aromatic rings. The molecule has 21 heavy (non-hydrogen) atoms. The number of carbonyl (C=O) groups excluding carboxylic acids is 1. The first-order chi connectivity index (χ1) is 10.1. The Morgan fingerprint density at radius 1 is 1.10 bits per heavy atom. The quantitative estimate of drug-likeness (QED) is 0.669. The Balaban J connectivity index is 1.89. The number of hydrogen-bond acceptors (Lipinski definition) is 2. The van der Waals surface area contributed by atoms with E-state index in [4.69, 9.17) is 11.6 Å². The average Bonchev–Trinajstić information content (AvgIpc) is 2.47. The van der Waals surface area contributed by atoms with Crippen LogP contribution < -0.4 is 0 Å². The van der Waals surface area contributed by atoms with Gasteiger partial charge < -0.3 is 0 Å². The second-order valence-electron chi connectivity index (χ2n) is 4.72. The molecule has 104 valence electrons. The van der Waals surface area contributed by atoms with Gasteiger partial charge in [0, 0.05) is 16.1 Å². The fourth-order valence-corrected chi connectivity index (χ4v) is 2.34. The Hall–Kier alpha value is -2.26. The lowest BCUT2D eigenvalue weighted by molar-refractivity contribution is 0.0988. The first-order valence-corrected chi connectivity index (χ1v) is 6.84. The van der Waals surface area contributed by atoms with E-state index in [0.29, 0.717) is 5.69 Å². The number of fused-ring (bicyclic) bond motifs is 1. The molecular formula is C17H11ClFNO. The van der Waals surface area contributed by atoms with E-state index in [1.165, 1.54) is 12.1 Å². The Bertz CT molecular complexity index is 832. The third-order valence-corrected chi connectivity index (χ3v) is 3.46. The van der Waals surface area contributed by atoms with Crippen LogP contribution in [-0.2, 0) is 6.42 Å². The molecule has 4 heteroatoms. The molecule has 0 aliphatic heterocycles. The molecule has 0 fully saturated rings. The summed E-state index contributed by atoms with van der Waals surface area (Å²) in [6.07, 6.45) is 0.0589. The highest BCUT2D eigenvalue weighted by Gasteiger charge is 2.13. The summed E-state index contributed by atoms with van der Waals surface area (Å²) in [5.41, 5.74) is 1.47. The number of para-hydroxylation sites is 1. The van der Waals surface area contributed by atoms with Crippen molar-refractivity contribution in [3.8, 4) is 0 Å². The molecule has 2 nitrogen and oxygen atoms in total. The number of hydrogen-bond donors (Lipinski definition) is 0. The van der Waals surface area contributed by atoms with Crippen LogP contribution in [0.3, 0.4) is 0 Å². The minimum absolute atomic E-state index is 0.0364. The predicted octanol–water partition coefficient (Wildman–Crippen LogP) is 4.45. The summed E-state index contributed by atoms with van der Waals surface area (Å²) in [4.78, 5) is 16.6. The highest BCUT2D eigenvalue weighted by atomic mass is 35.5. The van der Waals surface area contributed by atoms with Crippen molar-refractivity contribution in [2.45, 2.75) is 6.42 Å². The molecule has 0 aliphatic rings. The van der Waals surface area contributed by atoms with Crippen molar-refractivity contribution < 1.29 is 9.18 Å². The normalized spacial score (nSPS) is 10.8. The first kappa shape index (κ1) is 13.7. The molecule has 2 aromatic carbocycles. The van der Waals surface area contributed by atoms with Gasteiger partial charge in [-0.3, -0.25) is 9.78 Å². The van der Waals surface area contributed by atoms with Gasteiger partial charge in [-0.2, -0.15) is 0 Å². The van der Waals surface area contributed by atoms with E-state index in [9.17, 15) is 9.18 Å². The summed E-state index contributed by atoms with van der Waals surface area (Å²) in [6.45, 7) is 0. The average molecular weight is 300 g/mol. The molecule has 1 aromatic heterocycles. The van der Waals surface area contributed by atoms with Gasteiger partial charge in [-0.15, -0.1) is 0 Å². The number of nitrogens with zero attached hydrogens (tertiary/aromatic N) is 1. The van der Waals surface area contributed by atoms with Crippen LogP contribution in [-0.4, -0.2) is 10.8 Å². The van der Waals surface area contributed by atoms with Gasteiger partial charge in [-0.25, -0.2) is 4.39 Å². The molecule has 0 N–H and O–H groups in total. The van der Waals surface area contributed by atoms with Gasteiger partial charge >= 0.3 is 0 Å². The number of carbonyl (C=O) groups is 1. The lowest BCUT2D eigenvalue weighted by Gasteiger charge is -2.04. The Kier molecular flexibility index (Phi) is 3.67. The summed E-state index contributed by atoms with van der Waals surface area (Å²) in [5.74, 6) is -0.916. The second kappa shape index (κ2) is 5.62. The molecule has 0 bridgehead atoms. The van der Waals surface area contributed by atoms with Crippen LogP contribution in [0.2, 0.25) is 5.02 Å². The van der Waals surface area contributed by atoms with Gasteiger partial charge in [-0.1, -0.05) is 35.9 Å². The maximum Gasteiger partial charge on any atom is 0.171 e. The Morgan fingerprint density at radius 3 is 2.71 bits per heavy atom. The van der Waals surface area contributed by atoms with E-state index in [-0.39, 0.29) is 22.8 Å². The third-order valence-electron chi connectivity index (χ3n) is 3.23. The predicted molar refractivity (Wildman–Crippen MR) is 81.2 cm³/mol. The minimum Gasteiger partial charge on any atom is -0.294 e. The van der Waals surface area contributed by atoms with Crippen molar-refractivity contribution in [2.75, 3.05) is 0 Å². The number of benzene rings is 2. The molecule has 3 rings (SSSR count). The van der Waals surface area contributed by atoms with Crippen molar-refractivity contribution in [2.24, 2.45) is 0 Å². The van der Waals surface area contributed by atoms with Gasteiger partial charge in [0.2, 0.25) is 0 Å². The molecular weight excluding hydrogens is 289 g/mol. The maximum absolute atomic E-state index is 13.7. The van der Waals surface area contributed by atoms with E-state index >= 15 is 0 Å². The fourth-order valence-electron chi connectivity index (χ4n) is 2.18. The maximum atomic E-state index is 13.7. The van der Waals surface area contributed by atoms with Crippen molar-refractivity contribution >= 4 is 28.3 Å². The van der Waals surface area contributed by atoms with E-state index in [1.54, 1.807) is 6.07 Å². The van der Waals surface area contributed by atoms with Crippen LogP contribution in [0.25, 0.3) is 10.9 Å². The molecule has 0 unspecified atom stereocenters. The molecule has 0 amide bonds. The Morgan fingerprint density at radius 2 is 1.90 bits per heavy atom. The van der Waals surface area contributed by atoms with E-state index in [0.717, 1.165) is 17.0 Å². The summed E-state index contributed by atoms with van der Waals surface area (Å²) >= 11 is 5.68. The summed E-state index contributed by atoms with van der Waals surface area (Å²) in [7, 11) is 0. The monoisotopic (exact) mass is 299 g/mol. The zero-order valence-electron chi connectivity index (χ0n) is 11.0. The molecule has 1 heterocycles. The molecule has 0 spiro atoms. The number of aromatic nitrogens is 1. The highest BCUT2D eigenvalue weighted by molar-refractivity contribution is 6.30. The summed E-state index contributed by atoms with van der Waals surface area (Å²) in [6, 6.07) is 15.4. The standard InChI is InChI=1S/C17H11ClFNO/c18-12-6-8-14(15(19)9-12)17(21)10-13-7-5-11-3-1-2-4-16(11)20-13/h1-9H,10H2. The van der Waals surface area contributed by atoms with Crippen LogP contribution in [0.15, 0.2) is 54.6 Å². The summed E-state index contributed by atoms with van der Waals surface area (Å²) < 4.78 is 13.7. The van der Waals surface area contributed by atoms with Crippen molar-refractivity contribution in [3.05, 3.63) is 76.7 Å². The van der Waals surface area contributed by atoms with Crippen molar-refractivity contribution in [3.63, 3.8) is 0 Å². The zero-order valence-corrected chi connectivity index (χ0v) is 11.8. The van der Waals surface area contributed by atoms with Crippen LogP contribution in [0.4, 0.5) is 4.39 Å². The second-order valence-corrected chi connectivity index (χ2v) is 5.16. The van der Waals surface area contributed by atoms with E-state index < -0.39 is 5.82 Å². The molecule has 0 aliphatic carbocycles. The highest BCUT2D eigenvalue weighted by Crippen LogP contribution is 2.17. The fraction of sp³-hybridized carbons (Fsp3) is 0.0588. The molecule has 0 saturated heterocycles. The van der Waals surface area contributed by atoms with Crippen LogP contribution in [0.5, 0.6) is 0 Å². The zero-order chi connectivity index (χ0) is 14.8. The number of rotatable bonds is 3. The van der Waals surface area contributed by atoms with Crippen molar-refractivity contribution in [1.29, 1.82) is 0 Å². The van der Waals surface area contributed by atoms with Crippen LogP contribution in [0.1, 0.15) is 16.1 Å². The topological polar surface area (TPSA) is 30.0 Å². The molecule has 0 saturated carbocycles.